The van der Waals surface area contributed by atoms with Gasteiger partial charge in [-0.15, -0.1) is 0 Å². The van der Waals surface area contributed by atoms with Crippen molar-refractivity contribution < 1.29 is 24.1 Å². The van der Waals surface area contributed by atoms with Gasteiger partial charge >= 0.3 is 6.16 Å². The standard InChI is InChI=1S/C20H27N3O5/c1-11-12-7-8-23(16(12)22-10-21-11)13-9-14(26-17(24)25)20(18(2,3)4)15(13)27-19(5,6)28-20/h7-8,10,13-15H,9H2,1-6H3,(H,24,25)/t13-,14+,15+,20-/m1/s1. The summed E-state index contributed by atoms with van der Waals surface area (Å²) in [7, 11) is 0. The largest absolute Gasteiger partial charge is 0.506 e. The highest BCUT2D eigenvalue weighted by atomic mass is 16.8. The van der Waals surface area contributed by atoms with Crippen LogP contribution in [0.2, 0.25) is 0 Å². The van der Waals surface area contributed by atoms with Crippen molar-refractivity contribution in [2.75, 3.05) is 0 Å². The van der Waals surface area contributed by atoms with Crippen molar-refractivity contribution in [2.24, 2.45) is 5.41 Å². The van der Waals surface area contributed by atoms with Crippen LogP contribution in [-0.2, 0) is 14.2 Å². The highest BCUT2D eigenvalue weighted by molar-refractivity contribution is 5.78. The molecule has 2 fully saturated rings. The van der Waals surface area contributed by atoms with Crippen LogP contribution in [0.3, 0.4) is 0 Å². The van der Waals surface area contributed by atoms with Gasteiger partial charge in [-0.2, -0.15) is 0 Å². The number of hydrogen-bond donors (Lipinski definition) is 1. The Morgan fingerprint density at radius 1 is 1.36 bits per heavy atom. The molecule has 8 nitrogen and oxygen atoms in total. The molecule has 1 aliphatic heterocycles. The van der Waals surface area contributed by atoms with Gasteiger partial charge in [-0.3, -0.25) is 0 Å². The van der Waals surface area contributed by atoms with Crippen LogP contribution in [0.5, 0.6) is 0 Å². The van der Waals surface area contributed by atoms with Crippen molar-refractivity contribution in [1.82, 2.24) is 14.5 Å². The number of fused-ring (bicyclic) bond motifs is 2. The lowest BCUT2D eigenvalue weighted by Gasteiger charge is -2.43. The molecule has 4 rings (SSSR count). The maximum Gasteiger partial charge on any atom is 0.506 e. The van der Waals surface area contributed by atoms with Crippen LogP contribution >= 0.6 is 0 Å². The Balaban J connectivity index is 1.88. The molecule has 1 saturated heterocycles. The fraction of sp³-hybridized carbons (Fsp3) is 0.650. The first kappa shape index (κ1) is 19.1. The zero-order valence-electron chi connectivity index (χ0n) is 17.1. The van der Waals surface area contributed by atoms with Crippen LogP contribution in [0.25, 0.3) is 11.0 Å². The normalized spacial score (nSPS) is 31.9. The number of hydrogen-bond acceptors (Lipinski definition) is 6. The predicted molar refractivity (Wildman–Crippen MR) is 101 cm³/mol. The molecular weight excluding hydrogens is 362 g/mol. The van der Waals surface area contributed by atoms with Crippen LogP contribution < -0.4 is 0 Å². The molecule has 4 atom stereocenters. The van der Waals surface area contributed by atoms with E-state index in [1.807, 2.05) is 58.4 Å². The van der Waals surface area contributed by atoms with Crippen molar-refractivity contribution in [3.63, 3.8) is 0 Å². The summed E-state index contributed by atoms with van der Waals surface area (Å²) in [5.74, 6) is -0.857. The summed E-state index contributed by atoms with van der Waals surface area (Å²) in [5, 5.41) is 10.3. The summed E-state index contributed by atoms with van der Waals surface area (Å²) in [6.45, 7) is 11.8. The molecule has 0 amide bonds. The molecular formula is C20H27N3O5. The van der Waals surface area contributed by atoms with Crippen molar-refractivity contribution in [2.45, 2.75) is 77.6 Å². The minimum Gasteiger partial charge on any atom is -0.450 e. The zero-order valence-corrected chi connectivity index (χ0v) is 17.1. The van der Waals surface area contributed by atoms with Gasteiger partial charge in [-0.25, -0.2) is 14.8 Å². The van der Waals surface area contributed by atoms with E-state index < -0.39 is 35.2 Å². The molecule has 1 N–H and O–H groups in total. The molecule has 152 valence electrons. The molecule has 0 spiro atoms. The maximum atomic E-state index is 11.5. The number of aryl methyl sites for hydroxylation is 1. The number of ether oxygens (including phenoxy) is 3. The van der Waals surface area contributed by atoms with Gasteiger partial charge in [0.15, 0.2) is 5.79 Å². The highest BCUT2D eigenvalue weighted by Crippen LogP contribution is 2.59. The molecule has 0 aromatic carbocycles. The van der Waals surface area contributed by atoms with Gasteiger partial charge < -0.3 is 23.9 Å². The van der Waals surface area contributed by atoms with Crippen LogP contribution in [-0.4, -0.2) is 49.4 Å². The third kappa shape index (κ3) is 2.62. The molecule has 28 heavy (non-hydrogen) atoms. The molecule has 1 aliphatic carbocycles. The number of aromatic nitrogens is 3. The molecule has 0 radical (unpaired) electrons. The van der Waals surface area contributed by atoms with Gasteiger partial charge in [0.1, 0.15) is 29.8 Å². The summed E-state index contributed by atoms with van der Waals surface area (Å²) in [4.78, 5) is 20.2. The van der Waals surface area contributed by atoms with Gasteiger partial charge in [0.2, 0.25) is 0 Å². The topological polar surface area (TPSA) is 95.7 Å². The van der Waals surface area contributed by atoms with E-state index >= 15 is 0 Å². The lowest BCUT2D eigenvalue weighted by Crippen LogP contribution is -2.57. The zero-order chi connectivity index (χ0) is 20.5. The van der Waals surface area contributed by atoms with Gasteiger partial charge in [0, 0.05) is 18.0 Å². The van der Waals surface area contributed by atoms with E-state index in [9.17, 15) is 9.90 Å². The second kappa shape index (κ2) is 5.90. The smallest absolute Gasteiger partial charge is 0.450 e. The van der Waals surface area contributed by atoms with Crippen LogP contribution in [0.4, 0.5) is 4.79 Å². The molecule has 2 aliphatic rings. The van der Waals surface area contributed by atoms with E-state index in [-0.39, 0.29) is 6.04 Å². The van der Waals surface area contributed by atoms with E-state index in [2.05, 4.69) is 9.97 Å². The first-order valence-corrected chi connectivity index (χ1v) is 9.52. The van der Waals surface area contributed by atoms with Gasteiger partial charge in [-0.1, -0.05) is 20.8 Å². The molecule has 0 bridgehead atoms. The average molecular weight is 389 g/mol. The predicted octanol–water partition coefficient (Wildman–Crippen LogP) is 3.68. The van der Waals surface area contributed by atoms with E-state index in [0.717, 1.165) is 16.7 Å². The fourth-order valence-corrected chi connectivity index (χ4v) is 4.96. The second-order valence-corrected chi connectivity index (χ2v) is 9.18. The summed E-state index contributed by atoms with van der Waals surface area (Å²) in [6, 6.07) is 1.80. The van der Waals surface area contributed by atoms with Crippen LogP contribution in [0.1, 0.15) is 52.8 Å². The maximum absolute atomic E-state index is 11.5. The summed E-state index contributed by atoms with van der Waals surface area (Å²) >= 11 is 0. The Hall–Kier alpha value is -2.19. The summed E-state index contributed by atoms with van der Waals surface area (Å²) in [6.07, 6.45) is 1.58. The number of carbonyl (C=O) groups is 1. The molecule has 2 aromatic heterocycles. The lowest BCUT2D eigenvalue weighted by atomic mass is 9.72. The average Bonchev–Trinajstić information content (AvgIpc) is 3.17. The molecule has 3 heterocycles. The third-order valence-corrected chi connectivity index (χ3v) is 6.01. The van der Waals surface area contributed by atoms with Crippen molar-refractivity contribution in [1.29, 1.82) is 0 Å². The van der Waals surface area contributed by atoms with E-state index in [4.69, 9.17) is 14.2 Å². The molecule has 1 saturated carbocycles. The van der Waals surface area contributed by atoms with Gasteiger partial charge in [0.25, 0.3) is 0 Å². The van der Waals surface area contributed by atoms with E-state index in [1.165, 1.54) is 0 Å². The van der Waals surface area contributed by atoms with Crippen molar-refractivity contribution >= 4 is 17.2 Å². The van der Waals surface area contributed by atoms with Gasteiger partial charge in [0.05, 0.1) is 11.7 Å². The monoisotopic (exact) mass is 389 g/mol. The quantitative estimate of drug-likeness (QED) is 0.783. The number of rotatable bonds is 2. The first-order valence-electron chi connectivity index (χ1n) is 9.52. The Morgan fingerprint density at radius 2 is 2.07 bits per heavy atom. The number of nitrogens with zero attached hydrogens (tertiary/aromatic N) is 3. The lowest BCUT2D eigenvalue weighted by molar-refractivity contribution is -0.215. The minimum atomic E-state index is -1.31. The Morgan fingerprint density at radius 3 is 2.71 bits per heavy atom. The Labute approximate surface area is 163 Å². The Bertz CT molecular complexity index is 932. The molecule has 8 heteroatoms. The van der Waals surface area contributed by atoms with Crippen LogP contribution in [0, 0.1) is 12.3 Å². The fourth-order valence-electron chi connectivity index (χ4n) is 4.96. The van der Waals surface area contributed by atoms with Crippen molar-refractivity contribution in [3.05, 3.63) is 24.3 Å². The summed E-state index contributed by atoms with van der Waals surface area (Å²) in [5.41, 5.74) is 0.350. The highest BCUT2D eigenvalue weighted by Gasteiger charge is 2.71. The van der Waals surface area contributed by atoms with E-state index in [1.54, 1.807) is 6.33 Å². The first-order chi connectivity index (χ1) is 13.0. The van der Waals surface area contributed by atoms with Crippen LogP contribution in [0.15, 0.2) is 18.6 Å². The summed E-state index contributed by atoms with van der Waals surface area (Å²) < 4.78 is 20.2. The second-order valence-electron chi connectivity index (χ2n) is 9.18. The molecule has 0 unspecified atom stereocenters. The third-order valence-electron chi connectivity index (χ3n) is 6.01. The Kier molecular flexibility index (Phi) is 4.04. The van der Waals surface area contributed by atoms with Crippen molar-refractivity contribution in [3.8, 4) is 0 Å². The van der Waals surface area contributed by atoms with Gasteiger partial charge in [-0.05, 0) is 32.3 Å². The molecule has 2 aromatic rings. The minimum absolute atomic E-state index is 0.183. The van der Waals surface area contributed by atoms with E-state index in [0.29, 0.717) is 6.42 Å². The SMILES string of the molecule is Cc1ncnc2c1ccn2[C@@H]1C[C@H](OC(=O)O)[C@@]2(C(C)(C)C)OC(C)(C)O[C@@H]12. The number of carboxylic acid groups (broad SMARTS) is 1.